The first-order valence-electron chi connectivity index (χ1n) is 9.81. The summed E-state index contributed by atoms with van der Waals surface area (Å²) in [5.41, 5.74) is -0.0288. The molecule has 3 heterocycles. The molecule has 2 fully saturated rings. The van der Waals surface area contributed by atoms with Gasteiger partial charge < -0.3 is 18.8 Å². The van der Waals surface area contributed by atoms with Crippen molar-refractivity contribution in [2.24, 2.45) is 5.92 Å². The minimum Gasteiger partial charge on any atom is -0.466 e. The third kappa shape index (κ3) is 3.57. The minimum atomic E-state index is -1.27. The average Bonchev–Trinajstić information content (AvgIpc) is 3.34. The number of ether oxygens (including phenoxy) is 3. The maximum absolute atomic E-state index is 12.7. The first-order valence-corrected chi connectivity index (χ1v) is 10.2. The summed E-state index contributed by atoms with van der Waals surface area (Å²) in [6.07, 6.45) is 4.73. The fourth-order valence-corrected chi connectivity index (χ4v) is 4.70. The molecule has 2 aliphatic rings. The van der Waals surface area contributed by atoms with Gasteiger partial charge in [0.15, 0.2) is 16.4 Å². The molecule has 1 saturated carbocycles. The molecule has 0 amide bonds. The molecule has 1 aliphatic heterocycles. The lowest BCUT2D eigenvalue weighted by molar-refractivity contribution is -0.177. The standard InChI is InChI=1S/C19H23ClN4O5/c1-3-27-14(25)8-19(18(26)28-4-2)7-11-5-12(6-13(11)29-19)24-10-23-15-16(20)21-9-22-17(15)24/h9-13H,3-8H2,1-2H3/t11-,12+,13-,19-/m0/s1. The Labute approximate surface area is 172 Å². The zero-order valence-electron chi connectivity index (χ0n) is 16.3. The number of hydrogen-bond acceptors (Lipinski definition) is 8. The third-order valence-electron chi connectivity index (χ3n) is 5.66. The highest BCUT2D eigenvalue weighted by Gasteiger charge is 2.57. The molecule has 9 nitrogen and oxygen atoms in total. The lowest BCUT2D eigenvalue weighted by Gasteiger charge is -2.27. The van der Waals surface area contributed by atoms with Gasteiger partial charge in [-0.05, 0) is 39.0 Å². The quantitative estimate of drug-likeness (QED) is 0.516. The highest BCUT2D eigenvalue weighted by molar-refractivity contribution is 6.33. The van der Waals surface area contributed by atoms with Crippen LogP contribution in [0.15, 0.2) is 12.7 Å². The molecule has 10 heteroatoms. The van der Waals surface area contributed by atoms with Gasteiger partial charge in [-0.1, -0.05) is 11.6 Å². The Morgan fingerprint density at radius 3 is 2.76 bits per heavy atom. The SMILES string of the molecule is CCOC(=O)C[C@]1(C(=O)OCC)C[C@@H]2C[C@@H](n3cnc4c(Cl)ncnc43)C[C@@H]2O1. The van der Waals surface area contributed by atoms with E-state index in [-0.39, 0.29) is 37.7 Å². The normalized spacial score (nSPS) is 28.4. The predicted octanol–water partition coefficient (Wildman–Crippen LogP) is 2.47. The van der Waals surface area contributed by atoms with E-state index in [1.807, 2.05) is 4.57 Å². The van der Waals surface area contributed by atoms with Crippen LogP contribution in [0.3, 0.4) is 0 Å². The number of nitrogens with zero attached hydrogens (tertiary/aromatic N) is 4. The summed E-state index contributed by atoms with van der Waals surface area (Å²) in [5.74, 6) is -0.829. The Kier molecular flexibility index (Phi) is 5.44. The number of aromatic nitrogens is 4. The molecule has 156 valence electrons. The number of carbonyl (C=O) groups is 2. The van der Waals surface area contributed by atoms with E-state index in [1.54, 1.807) is 20.2 Å². The van der Waals surface area contributed by atoms with Crippen LogP contribution < -0.4 is 0 Å². The summed E-state index contributed by atoms with van der Waals surface area (Å²) < 4.78 is 18.5. The van der Waals surface area contributed by atoms with Gasteiger partial charge in [0.25, 0.3) is 0 Å². The Hall–Kier alpha value is -2.26. The lowest BCUT2D eigenvalue weighted by Crippen LogP contribution is -2.43. The maximum Gasteiger partial charge on any atom is 0.339 e. The second-order valence-electron chi connectivity index (χ2n) is 7.43. The van der Waals surface area contributed by atoms with Gasteiger partial charge in [0, 0.05) is 6.04 Å². The van der Waals surface area contributed by atoms with Crippen LogP contribution in [0.25, 0.3) is 11.2 Å². The molecule has 1 aliphatic carbocycles. The van der Waals surface area contributed by atoms with Crippen LogP contribution in [0.4, 0.5) is 0 Å². The Balaban J connectivity index is 1.53. The number of esters is 2. The molecular weight excluding hydrogens is 400 g/mol. The predicted molar refractivity (Wildman–Crippen MR) is 102 cm³/mol. The van der Waals surface area contributed by atoms with Gasteiger partial charge in [-0.3, -0.25) is 4.79 Å². The second kappa shape index (κ2) is 7.87. The highest BCUT2D eigenvalue weighted by atomic mass is 35.5. The molecule has 2 aromatic heterocycles. The van der Waals surface area contributed by atoms with E-state index in [0.717, 1.165) is 6.42 Å². The monoisotopic (exact) mass is 422 g/mol. The van der Waals surface area contributed by atoms with Gasteiger partial charge in [0.1, 0.15) is 11.8 Å². The Morgan fingerprint density at radius 1 is 1.24 bits per heavy atom. The molecule has 2 aromatic rings. The van der Waals surface area contributed by atoms with Crippen molar-refractivity contribution in [1.29, 1.82) is 0 Å². The molecule has 0 aromatic carbocycles. The van der Waals surface area contributed by atoms with Crippen molar-refractivity contribution in [3.05, 3.63) is 17.8 Å². The van der Waals surface area contributed by atoms with Gasteiger partial charge in [-0.2, -0.15) is 0 Å². The largest absolute Gasteiger partial charge is 0.466 e. The summed E-state index contributed by atoms with van der Waals surface area (Å²) in [6, 6.07) is 0.115. The van der Waals surface area contributed by atoms with Crippen molar-refractivity contribution in [1.82, 2.24) is 19.5 Å². The second-order valence-corrected chi connectivity index (χ2v) is 7.79. The van der Waals surface area contributed by atoms with Crippen LogP contribution in [-0.4, -0.2) is 56.4 Å². The van der Waals surface area contributed by atoms with E-state index >= 15 is 0 Å². The van der Waals surface area contributed by atoms with Crippen LogP contribution in [0.2, 0.25) is 5.15 Å². The number of hydrogen-bond donors (Lipinski definition) is 0. The third-order valence-corrected chi connectivity index (χ3v) is 5.94. The topological polar surface area (TPSA) is 105 Å². The van der Waals surface area contributed by atoms with Crippen LogP contribution >= 0.6 is 11.6 Å². The van der Waals surface area contributed by atoms with Crippen LogP contribution in [0.5, 0.6) is 0 Å². The van der Waals surface area contributed by atoms with Gasteiger partial charge in [0.2, 0.25) is 0 Å². The van der Waals surface area contributed by atoms with Crippen molar-refractivity contribution < 1.29 is 23.8 Å². The molecule has 0 N–H and O–H groups in total. The van der Waals surface area contributed by atoms with Crippen LogP contribution in [0.1, 0.15) is 45.6 Å². The van der Waals surface area contributed by atoms with Crippen molar-refractivity contribution in [3.63, 3.8) is 0 Å². The molecule has 0 radical (unpaired) electrons. The smallest absolute Gasteiger partial charge is 0.339 e. The molecule has 1 saturated heterocycles. The van der Waals surface area contributed by atoms with Gasteiger partial charge in [-0.25, -0.2) is 19.7 Å². The number of carbonyl (C=O) groups excluding carboxylic acids is 2. The molecule has 4 atom stereocenters. The summed E-state index contributed by atoms with van der Waals surface area (Å²) in [4.78, 5) is 37.4. The van der Waals surface area contributed by atoms with Crippen molar-refractivity contribution in [3.8, 4) is 0 Å². The fourth-order valence-electron chi connectivity index (χ4n) is 4.52. The van der Waals surface area contributed by atoms with E-state index in [4.69, 9.17) is 25.8 Å². The molecule has 0 unspecified atom stereocenters. The summed E-state index contributed by atoms with van der Waals surface area (Å²) in [5, 5.41) is 0.318. The molecule has 0 bridgehead atoms. The number of rotatable bonds is 6. The Bertz CT molecular complexity index is 918. The minimum absolute atomic E-state index is 0.115. The van der Waals surface area contributed by atoms with E-state index in [2.05, 4.69) is 15.0 Å². The zero-order valence-corrected chi connectivity index (χ0v) is 17.1. The van der Waals surface area contributed by atoms with E-state index in [0.29, 0.717) is 29.2 Å². The number of imidazole rings is 1. The van der Waals surface area contributed by atoms with E-state index in [1.165, 1.54) is 6.33 Å². The molecule has 0 spiro atoms. The first-order chi connectivity index (χ1) is 14.0. The summed E-state index contributed by atoms with van der Waals surface area (Å²) in [6.45, 7) is 3.95. The first kappa shape index (κ1) is 20.0. The van der Waals surface area contributed by atoms with Crippen LogP contribution in [0, 0.1) is 5.92 Å². The fraction of sp³-hybridized carbons (Fsp3) is 0.632. The van der Waals surface area contributed by atoms with Gasteiger partial charge in [-0.15, -0.1) is 0 Å². The molecule has 29 heavy (non-hydrogen) atoms. The summed E-state index contributed by atoms with van der Waals surface area (Å²) in [7, 11) is 0. The molecular formula is C19H23ClN4O5. The molecule has 4 rings (SSSR count). The number of halogens is 1. The summed E-state index contributed by atoms with van der Waals surface area (Å²) >= 11 is 6.10. The van der Waals surface area contributed by atoms with Crippen molar-refractivity contribution >= 4 is 34.7 Å². The lowest BCUT2D eigenvalue weighted by atomic mass is 9.89. The highest BCUT2D eigenvalue weighted by Crippen LogP contribution is 2.50. The van der Waals surface area contributed by atoms with Gasteiger partial charge >= 0.3 is 11.9 Å². The van der Waals surface area contributed by atoms with Gasteiger partial charge in [0.05, 0.1) is 32.1 Å². The number of fused-ring (bicyclic) bond motifs is 2. The zero-order chi connectivity index (χ0) is 20.6. The van der Waals surface area contributed by atoms with E-state index < -0.39 is 17.5 Å². The van der Waals surface area contributed by atoms with Crippen molar-refractivity contribution in [2.75, 3.05) is 13.2 Å². The Morgan fingerprint density at radius 2 is 2.03 bits per heavy atom. The maximum atomic E-state index is 12.7. The average molecular weight is 423 g/mol. The van der Waals surface area contributed by atoms with Crippen molar-refractivity contribution in [2.45, 2.75) is 57.3 Å². The van der Waals surface area contributed by atoms with E-state index in [9.17, 15) is 9.59 Å². The van der Waals surface area contributed by atoms with Crippen LogP contribution in [-0.2, 0) is 23.8 Å².